The van der Waals surface area contributed by atoms with Crippen LogP contribution in [-0.2, 0) is 19.7 Å². The molecule has 0 saturated heterocycles. The second-order valence-corrected chi connectivity index (χ2v) is 5.40. The molecule has 1 N–H and O–H groups in total. The van der Waals surface area contributed by atoms with Crippen molar-refractivity contribution in [3.05, 3.63) is 47.7 Å². The first-order chi connectivity index (χ1) is 9.85. The number of hydrogen-bond acceptors (Lipinski definition) is 3. The highest BCUT2D eigenvalue weighted by Gasteiger charge is 2.24. The fraction of sp³-hybridized carbons (Fsp3) is 0.438. The Morgan fingerprint density at radius 3 is 2.71 bits per heavy atom. The summed E-state index contributed by atoms with van der Waals surface area (Å²) in [5.74, 6) is 1.67. The van der Waals surface area contributed by atoms with Gasteiger partial charge in [-0.15, -0.1) is 12.4 Å². The van der Waals surface area contributed by atoms with E-state index in [2.05, 4.69) is 22.5 Å². The Bertz CT molecular complexity index is 552. The Kier molecular flexibility index (Phi) is 5.65. The van der Waals surface area contributed by atoms with Crippen molar-refractivity contribution in [3.8, 4) is 5.88 Å². The predicted octanol–water partition coefficient (Wildman–Crippen LogP) is 3.01. The summed E-state index contributed by atoms with van der Waals surface area (Å²) in [5.41, 5.74) is 2.22. The first-order valence-corrected chi connectivity index (χ1v) is 7.23. The third-order valence-corrected chi connectivity index (χ3v) is 3.51. The van der Waals surface area contributed by atoms with E-state index in [-0.39, 0.29) is 12.4 Å². The lowest BCUT2D eigenvalue weighted by Crippen LogP contribution is -2.08. The monoisotopic (exact) mass is 307 g/mol. The van der Waals surface area contributed by atoms with Crippen molar-refractivity contribution in [2.45, 2.75) is 32.5 Å². The van der Waals surface area contributed by atoms with Crippen LogP contribution in [0.2, 0.25) is 0 Å². The standard InChI is InChI=1S/C16H21N3O.ClH/c1-17-10-15-9-16(19(18-15)11-13-7-8-13)20-12-14-5-3-2-4-6-14;/h2-6,9,13,17H,7-8,10-12H2,1H3;1H. The topological polar surface area (TPSA) is 39.1 Å². The molecule has 0 radical (unpaired) electrons. The summed E-state index contributed by atoms with van der Waals surface area (Å²) >= 11 is 0. The maximum Gasteiger partial charge on any atom is 0.212 e. The van der Waals surface area contributed by atoms with Gasteiger partial charge in [-0.1, -0.05) is 30.3 Å². The Morgan fingerprint density at radius 2 is 2.05 bits per heavy atom. The molecule has 1 aromatic carbocycles. The van der Waals surface area contributed by atoms with Gasteiger partial charge in [0.25, 0.3) is 0 Å². The molecule has 1 saturated carbocycles. The van der Waals surface area contributed by atoms with Crippen molar-refractivity contribution in [2.75, 3.05) is 7.05 Å². The highest BCUT2D eigenvalue weighted by molar-refractivity contribution is 5.85. The molecule has 3 rings (SSSR count). The van der Waals surface area contributed by atoms with Crippen LogP contribution < -0.4 is 10.1 Å². The van der Waals surface area contributed by atoms with Gasteiger partial charge < -0.3 is 10.1 Å². The average molecular weight is 308 g/mol. The Labute approximate surface area is 131 Å². The molecule has 1 aliphatic rings. The lowest BCUT2D eigenvalue weighted by Gasteiger charge is -2.08. The van der Waals surface area contributed by atoms with Gasteiger partial charge in [0.15, 0.2) is 0 Å². The number of nitrogens with zero attached hydrogens (tertiary/aromatic N) is 2. The maximum absolute atomic E-state index is 5.95. The molecule has 0 unspecified atom stereocenters. The van der Waals surface area contributed by atoms with Crippen LogP contribution in [0, 0.1) is 5.92 Å². The van der Waals surface area contributed by atoms with Gasteiger partial charge in [0, 0.05) is 19.2 Å². The molecule has 1 aliphatic carbocycles. The van der Waals surface area contributed by atoms with Crippen LogP contribution in [-0.4, -0.2) is 16.8 Å². The molecule has 114 valence electrons. The summed E-state index contributed by atoms with van der Waals surface area (Å²) < 4.78 is 7.97. The maximum atomic E-state index is 5.95. The fourth-order valence-corrected chi connectivity index (χ4v) is 2.24. The van der Waals surface area contributed by atoms with Crippen LogP contribution in [0.3, 0.4) is 0 Å². The predicted molar refractivity (Wildman–Crippen MR) is 85.7 cm³/mol. The zero-order chi connectivity index (χ0) is 13.8. The van der Waals surface area contributed by atoms with E-state index >= 15 is 0 Å². The summed E-state index contributed by atoms with van der Waals surface area (Å²) in [6.07, 6.45) is 2.64. The van der Waals surface area contributed by atoms with E-state index < -0.39 is 0 Å². The Morgan fingerprint density at radius 1 is 1.29 bits per heavy atom. The van der Waals surface area contributed by atoms with Gasteiger partial charge in [-0.3, -0.25) is 0 Å². The molecule has 0 amide bonds. The smallest absolute Gasteiger partial charge is 0.212 e. The highest BCUT2D eigenvalue weighted by Crippen LogP contribution is 2.32. The van der Waals surface area contributed by atoms with Gasteiger partial charge in [-0.25, -0.2) is 4.68 Å². The van der Waals surface area contributed by atoms with Crippen molar-refractivity contribution in [1.29, 1.82) is 0 Å². The van der Waals surface area contributed by atoms with E-state index in [0.29, 0.717) is 6.61 Å². The van der Waals surface area contributed by atoms with Crippen molar-refractivity contribution in [3.63, 3.8) is 0 Å². The molecule has 21 heavy (non-hydrogen) atoms. The van der Waals surface area contributed by atoms with Gasteiger partial charge in [-0.05, 0) is 31.4 Å². The zero-order valence-electron chi connectivity index (χ0n) is 12.3. The fourth-order valence-electron chi connectivity index (χ4n) is 2.24. The molecule has 5 heteroatoms. The zero-order valence-corrected chi connectivity index (χ0v) is 13.1. The summed E-state index contributed by atoms with van der Waals surface area (Å²) in [6.45, 7) is 2.35. The average Bonchev–Trinajstić information content (AvgIpc) is 3.20. The quantitative estimate of drug-likeness (QED) is 0.854. The van der Waals surface area contributed by atoms with Gasteiger partial charge in [0.1, 0.15) is 6.61 Å². The van der Waals surface area contributed by atoms with Crippen LogP contribution in [0.15, 0.2) is 36.4 Å². The van der Waals surface area contributed by atoms with Gasteiger partial charge in [-0.2, -0.15) is 5.10 Å². The Hall–Kier alpha value is -1.52. The summed E-state index contributed by atoms with van der Waals surface area (Å²) in [5, 5.41) is 7.76. The molecule has 1 aromatic heterocycles. The molecule has 0 atom stereocenters. The molecule has 4 nitrogen and oxygen atoms in total. The van der Waals surface area contributed by atoms with Crippen molar-refractivity contribution < 1.29 is 4.74 Å². The normalized spacial score (nSPS) is 13.8. The van der Waals surface area contributed by atoms with E-state index in [1.54, 1.807) is 0 Å². The van der Waals surface area contributed by atoms with Crippen LogP contribution in [0.5, 0.6) is 5.88 Å². The summed E-state index contributed by atoms with van der Waals surface area (Å²) in [6, 6.07) is 12.3. The molecule has 1 heterocycles. The number of nitrogens with one attached hydrogen (secondary N) is 1. The minimum atomic E-state index is 0. The number of benzene rings is 1. The highest BCUT2D eigenvalue weighted by atomic mass is 35.5. The lowest BCUT2D eigenvalue weighted by molar-refractivity contribution is 0.269. The first-order valence-electron chi connectivity index (χ1n) is 7.23. The Balaban J connectivity index is 0.00000161. The van der Waals surface area contributed by atoms with Crippen LogP contribution >= 0.6 is 12.4 Å². The second kappa shape index (κ2) is 7.48. The van der Waals surface area contributed by atoms with Gasteiger partial charge in [0.05, 0.1) is 5.69 Å². The van der Waals surface area contributed by atoms with E-state index in [1.807, 2.05) is 36.0 Å². The largest absolute Gasteiger partial charge is 0.473 e. The minimum Gasteiger partial charge on any atom is -0.473 e. The molecular formula is C16H22ClN3O. The third kappa shape index (κ3) is 4.48. The van der Waals surface area contributed by atoms with Crippen molar-refractivity contribution >= 4 is 12.4 Å². The van der Waals surface area contributed by atoms with Crippen molar-refractivity contribution in [1.82, 2.24) is 15.1 Å². The minimum absolute atomic E-state index is 0. The molecule has 0 bridgehead atoms. The number of halogens is 1. The van der Waals surface area contributed by atoms with E-state index in [0.717, 1.165) is 30.6 Å². The van der Waals surface area contributed by atoms with E-state index in [4.69, 9.17) is 4.74 Å². The molecular weight excluding hydrogens is 286 g/mol. The molecule has 0 spiro atoms. The second-order valence-electron chi connectivity index (χ2n) is 5.40. The number of ether oxygens (including phenoxy) is 1. The summed E-state index contributed by atoms with van der Waals surface area (Å²) in [4.78, 5) is 0. The number of hydrogen-bond donors (Lipinski definition) is 1. The molecule has 2 aromatic rings. The third-order valence-electron chi connectivity index (χ3n) is 3.51. The number of rotatable bonds is 7. The van der Waals surface area contributed by atoms with Gasteiger partial charge >= 0.3 is 0 Å². The van der Waals surface area contributed by atoms with Crippen molar-refractivity contribution in [2.24, 2.45) is 5.92 Å². The van der Waals surface area contributed by atoms with Crippen LogP contribution in [0.4, 0.5) is 0 Å². The SMILES string of the molecule is CNCc1cc(OCc2ccccc2)n(CC2CC2)n1.Cl. The van der Waals surface area contributed by atoms with Crippen LogP contribution in [0.25, 0.3) is 0 Å². The first kappa shape index (κ1) is 15.9. The van der Waals surface area contributed by atoms with E-state index in [9.17, 15) is 0 Å². The van der Waals surface area contributed by atoms with Crippen LogP contribution in [0.1, 0.15) is 24.1 Å². The lowest BCUT2D eigenvalue weighted by atomic mass is 10.2. The molecule has 0 aliphatic heterocycles. The molecule has 1 fully saturated rings. The van der Waals surface area contributed by atoms with E-state index in [1.165, 1.54) is 18.4 Å². The van der Waals surface area contributed by atoms with Gasteiger partial charge in [0.2, 0.25) is 5.88 Å². The number of aromatic nitrogens is 2. The summed E-state index contributed by atoms with van der Waals surface area (Å²) in [7, 11) is 1.93.